The number of anilines is 1. The van der Waals surface area contributed by atoms with Crippen LogP contribution in [0.5, 0.6) is 0 Å². The van der Waals surface area contributed by atoms with E-state index in [2.05, 4.69) is 10.3 Å². The van der Waals surface area contributed by atoms with E-state index in [1.807, 2.05) is 72.3 Å². The molecule has 11 nitrogen and oxygen atoms in total. The van der Waals surface area contributed by atoms with E-state index in [4.69, 9.17) is 4.74 Å². The SMILES string of the molecule is Cc1cccc[n+]1CCOC(=O)Nc1ccc(Cc2ccc(N=C=O)cc2)cc1.O=S(=O)([N-]S(=O)(=O)C(F)(F)F)C(F)(F)F. The number of nitrogens with zero attached hydrogens (tertiary/aromatic N) is 3. The highest BCUT2D eigenvalue weighted by molar-refractivity contribution is 8.13. The summed E-state index contributed by atoms with van der Waals surface area (Å²) in [5.41, 5.74) is -7.83. The van der Waals surface area contributed by atoms with Gasteiger partial charge in [-0.25, -0.2) is 26.4 Å². The molecule has 44 heavy (non-hydrogen) atoms. The summed E-state index contributed by atoms with van der Waals surface area (Å²) >= 11 is 0. The van der Waals surface area contributed by atoms with E-state index >= 15 is 0 Å². The minimum absolute atomic E-state index is 0.295. The van der Waals surface area contributed by atoms with Crippen molar-refractivity contribution < 1.29 is 62.1 Å². The molecule has 1 aromatic heterocycles. The summed E-state index contributed by atoms with van der Waals surface area (Å²) < 4.78 is 116. The highest BCUT2D eigenvalue weighted by atomic mass is 32.3. The van der Waals surface area contributed by atoms with Crippen molar-refractivity contribution in [3.8, 4) is 0 Å². The van der Waals surface area contributed by atoms with Crippen LogP contribution in [0.25, 0.3) is 4.13 Å². The first-order chi connectivity index (χ1) is 20.3. The molecular weight excluding hydrogens is 646 g/mol. The van der Waals surface area contributed by atoms with Gasteiger partial charge in [-0.2, -0.15) is 35.9 Å². The van der Waals surface area contributed by atoms with Gasteiger partial charge >= 0.3 is 17.1 Å². The maximum Gasteiger partial charge on any atom is 0.480 e. The number of benzene rings is 2. The zero-order valence-electron chi connectivity index (χ0n) is 22.3. The number of hydrogen-bond acceptors (Lipinski definition) is 8. The fraction of sp³-hybridized carbons (Fsp3) is 0.240. The minimum atomic E-state index is -6.72. The number of halogens is 6. The number of aliphatic imine (C=N–C) groups is 1. The summed E-state index contributed by atoms with van der Waals surface area (Å²) in [6.45, 7) is 2.91. The van der Waals surface area contributed by atoms with E-state index in [0.717, 1.165) is 27.4 Å². The number of alkyl halides is 6. The Labute approximate surface area is 247 Å². The maximum absolute atomic E-state index is 12.0. The average Bonchev–Trinajstić information content (AvgIpc) is 2.91. The molecule has 19 heteroatoms. The Morgan fingerprint density at radius 1 is 0.886 bits per heavy atom. The predicted molar refractivity (Wildman–Crippen MR) is 143 cm³/mol. The third-order valence-electron chi connectivity index (χ3n) is 5.23. The highest BCUT2D eigenvalue weighted by Crippen LogP contribution is 2.36. The Bertz CT molecular complexity index is 1650. The summed E-state index contributed by atoms with van der Waals surface area (Å²) in [5.74, 6) is 0. The molecule has 0 aliphatic heterocycles. The van der Waals surface area contributed by atoms with Crippen LogP contribution in [-0.4, -0.2) is 46.6 Å². The van der Waals surface area contributed by atoms with E-state index in [9.17, 15) is 52.8 Å². The van der Waals surface area contributed by atoms with Crippen LogP contribution >= 0.6 is 0 Å². The third kappa shape index (κ3) is 11.1. The number of aryl methyl sites for hydroxylation is 1. The molecule has 0 radical (unpaired) electrons. The van der Waals surface area contributed by atoms with Crippen LogP contribution in [0.2, 0.25) is 0 Å². The summed E-state index contributed by atoms with van der Waals surface area (Å²) in [4.78, 5) is 25.8. The van der Waals surface area contributed by atoms with E-state index in [1.54, 1.807) is 12.1 Å². The first-order valence-corrected chi connectivity index (χ1v) is 14.7. The molecule has 3 rings (SSSR count). The average molecular weight is 669 g/mol. The number of nitrogens with one attached hydrogen (secondary N) is 1. The van der Waals surface area contributed by atoms with Gasteiger partial charge in [0.05, 0.1) is 5.69 Å². The van der Waals surface area contributed by atoms with Gasteiger partial charge in [-0.3, -0.25) is 5.32 Å². The number of isocyanates is 1. The van der Waals surface area contributed by atoms with E-state index in [-0.39, 0.29) is 0 Å². The molecule has 0 aliphatic rings. The molecule has 0 saturated heterocycles. The molecule has 0 atom stereocenters. The van der Waals surface area contributed by atoms with E-state index < -0.39 is 37.2 Å². The van der Waals surface area contributed by atoms with Crippen molar-refractivity contribution in [2.45, 2.75) is 30.9 Å². The summed E-state index contributed by atoms with van der Waals surface area (Å²) in [7, 11) is -13.4. The van der Waals surface area contributed by atoms with Gasteiger partial charge in [0.25, 0.3) is 0 Å². The fourth-order valence-electron chi connectivity index (χ4n) is 3.10. The zero-order valence-corrected chi connectivity index (χ0v) is 24.0. The van der Waals surface area contributed by atoms with Crippen molar-refractivity contribution in [1.29, 1.82) is 0 Å². The number of carbonyl (C=O) groups is 1. The number of rotatable bonds is 9. The summed E-state index contributed by atoms with van der Waals surface area (Å²) in [6, 6.07) is 20.9. The summed E-state index contributed by atoms with van der Waals surface area (Å²) in [5, 5.41) is 2.74. The van der Waals surface area contributed by atoms with Gasteiger partial charge in [-0.05, 0) is 41.8 Å². The van der Waals surface area contributed by atoms with Crippen molar-refractivity contribution >= 4 is 43.6 Å². The lowest BCUT2D eigenvalue weighted by atomic mass is 10.0. The molecule has 2 aromatic carbocycles. The van der Waals surface area contributed by atoms with Crippen molar-refractivity contribution in [1.82, 2.24) is 0 Å². The van der Waals surface area contributed by atoms with E-state index in [1.165, 1.54) is 6.08 Å². The Hall–Kier alpha value is -4.32. The number of hydrogen-bond donors (Lipinski definition) is 1. The Kier molecular flexibility index (Phi) is 12.2. The number of carbonyl (C=O) groups excluding carboxylic acids is 2. The number of amides is 1. The minimum Gasteiger partial charge on any atom is -0.443 e. The topological polar surface area (TPSA) is 154 Å². The fourth-order valence-corrected chi connectivity index (χ4v) is 4.81. The molecule has 0 spiro atoms. The molecule has 0 unspecified atom stereocenters. The molecule has 0 fully saturated rings. The molecule has 1 amide bonds. The van der Waals surface area contributed by atoms with Crippen molar-refractivity contribution in [3.05, 3.63) is 93.9 Å². The molecule has 3 aromatic rings. The molecule has 1 heterocycles. The van der Waals surface area contributed by atoms with Crippen LogP contribution in [-0.2, 0) is 42.5 Å². The normalized spacial score (nSPS) is 11.9. The Morgan fingerprint density at radius 3 is 1.89 bits per heavy atom. The van der Waals surface area contributed by atoms with Gasteiger partial charge in [0.2, 0.25) is 6.08 Å². The van der Waals surface area contributed by atoms with Crippen molar-refractivity contribution in [2.24, 2.45) is 4.99 Å². The Balaban J connectivity index is 0.000000382. The predicted octanol–water partition coefficient (Wildman–Crippen LogP) is 5.15. The lowest BCUT2D eigenvalue weighted by molar-refractivity contribution is -0.703. The molecule has 1 N–H and O–H groups in total. The molecule has 0 aliphatic carbocycles. The van der Waals surface area contributed by atoms with Crippen LogP contribution in [0.4, 0.5) is 42.5 Å². The summed E-state index contributed by atoms with van der Waals surface area (Å²) in [6.07, 6.45) is 3.75. The van der Waals surface area contributed by atoms with Gasteiger partial charge in [0.15, 0.2) is 45.1 Å². The molecule has 0 saturated carbocycles. The third-order valence-corrected chi connectivity index (χ3v) is 7.97. The van der Waals surface area contributed by atoms with Crippen LogP contribution < -0.4 is 9.88 Å². The zero-order chi connectivity index (χ0) is 33.2. The van der Waals surface area contributed by atoms with Crippen molar-refractivity contribution in [3.63, 3.8) is 0 Å². The van der Waals surface area contributed by atoms with Crippen LogP contribution in [0.15, 0.2) is 77.9 Å². The molecule has 238 valence electrons. The second-order valence-corrected chi connectivity index (χ2v) is 11.9. The smallest absolute Gasteiger partial charge is 0.443 e. The van der Waals surface area contributed by atoms with Crippen LogP contribution in [0.1, 0.15) is 16.8 Å². The van der Waals surface area contributed by atoms with Gasteiger partial charge in [-0.1, -0.05) is 30.3 Å². The second kappa shape index (κ2) is 14.9. The molecule has 0 bridgehead atoms. The van der Waals surface area contributed by atoms with Gasteiger partial charge in [0, 0.05) is 24.7 Å². The monoisotopic (exact) mass is 668 g/mol. The Morgan fingerprint density at radius 2 is 1.41 bits per heavy atom. The number of aromatic nitrogens is 1. The highest BCUT2D eigenvalue weighted by Gasteiger charge is 2.46. The number of sulfonamides is 2. The quantitative estimate of drug-likeness (QED) is 0.143. The van der Waals surface area contributed by atoms with Gasteiger partial charge in [-0.15, -0.1) is 0 Å². The first-order valence-electron chi connectivity index (χ1n) is 11.9. The molecular formula is C25H22F6N4O7S2. The van der Waals surface area contributed by atoms with Crippen LogP contribution in [0, 0.1) is 6.92 Å². The van der Waals surface area contributed by atoms with E-state index in [0.29, 0.717) is 24.5 Å². The first kappa shape index (κ1) is 35.9. The lowest BCUT2D eigenvalue weighted by Crippen LogP contribution is -2.39. The van der Waals surface area contributed by atoms with Crippen molar-refractivity contribution in [2.75, 3.05) is 11.9 Å². The van der Waals surface area contributed by atoms with Crippen LogP contribution in [0.3, 0.4) is 0 Å². The van der Waals surface area contributed by atoms with Gasteiger partial charge in [0.1, 0.15) is 0 Å². The number of ether oxygens (including phenoxy) is 1. The largest absolute Gasteiger partial charge is 0.480 e. The van der Waals surface area contributed by atoms with Gasteiger partial charge < -0.3 is 8.86 Å². The lowest BCUT2D eigenvalue weighted by Gasteiger charge is -2.22. The maximum atomic E-state index is 12.0. The number of pyridine rings is 1. The second-order valence-electron chi connectivity index (χ2n) is 8.46. The standard InChI is InChI=1S/C23H21N3O3.C2F6NO4S2/c1-18-4-2-3-13-26(18)14-15-29-23(28)25-22-11-7-20(8-12-22)16-19-5-9-21(10-6-19)24-17-27;3-1(4,5)14(10,11)9-15(12,13)2(6,7)8/h2-13H,14-16H2,1H3;/q;-1/p+1.